The third kappa shape index (κ3) is 2.71. The van der Waals surface area contributed by atoms with Gasteiger partial charge in [0.05, 0.1) is 0 Å². The number of phenolic OH excluding ortho intramolecular Hbond substituents is 1. The average Bonchev–Trinajstić information content (AvgIpc) is 2.31. The SMILES string of the molecule is CNC(c1cccc(O)c1)C1CCCSC1. The first-order chi connectivity index (χ1) is 7.81. The van der Waals surface area contributed by atoms with Gasteiger partial charge in [-0.15, -0.1) is 0 Å². The predicted molar refractivity (Wildman–Crippen MR) is 70.0 cm³/mol. The van der Waals surface area contributed by atoms with Gasteiger partial charge in [0.2, 0.25) is 0 Å². The molecule has 0 radical (unpaired) electrons. The second-order valence-electron chi connectivity index (χ2n) is 4.34. The molecular formula is C13H19NOS. The van der Waals surface area contributed by atoms with E-state index in [0.29, 0.717) is 17.7 Å². The first kappa shape index (κ1) is 11.8. The van der Waals surface area contributed by atoms with E-state index in [1.165, 1.54) is 29.9 Å². The van der Waals surface area contributed by atoms with Crippen molar-refractivity contribution in [2.24, 2.45) is 5.92 Å². The van der Waals surface area contributed by atoms with Crippen LogP contribution in [0.1, 0.15) is 24.4 Å². The number of phenols is 1. The van der Waals surface area contributed by atoms with Crippen LogP contribution in [0.15, 0.2) is 24.3 Å². The van der Waals surface area contributed by atoms with Crippen LogP contribution in [-0.2, 0) is 0 Å². The molecule has 0 saturated carbocycles. The summed E-state index contributed by atoms with van der Waals surface area (Å²) in [6.07, 6.45) is 2.60. The van der Waals surface area contributed by atoms with Gasteiger partial charge in [-0.1, -0.05) is 12.1 Å². The third-order valence-corrected chi connectivity index (χ3v) is 4.45. The molecule has 1 aliphatic rings. The summed E-state index contributed by atoms with van der Waals surface area (Å²) in [6.45, 7) is 0. The number of hydrogen-bond donors (Lipinski definition) is 2. The van der Waals surface area contributed by atoms with Gasteiger partial charge in [-0.05, 0) is 55.0 Å². The summed E-state index contributed by atoms with van der Waals surface area (Å²) in [4.78, 5) is 0. The Kier molecular flexibility index (Phi) is 4.13. The molecule has 1 aliphatic heterocycles. The van der Waals surface area contributed by atoms with Gasteiger partial charge in [0.1, 0.15) is 5.75 Å². The Morgan fingerprint density at radius 2 is 2.38 bits per heavy atom. The van der Waals surface area contributed by atoms with Gasteiger partial charge in [-0.25, -0.2) is 0 Å². The number of rotatable bonds is 3. The molecule has 88 valence electrons. The molecule has 16 heavy (non-hydrogen) atoms. The zero-order chi connectivity index (χ0) is 11.4. The molecule has 3 heteroatoms. The summed E-state index contributed by atoms with van der Waals surface area (Å²) in [5.41, 5.74) is 1.20. The van der Waals surface area contributed by atoms with Gasteiger partial charge in [0.15, 0.2) is 0 Å². The minimum atomic E-state index is 0.362. The van der Waals surface area contributed by atoms with Crippen molar-refractivity contribution >= 4 is 11.8 Å². The first-order valence-corrected chi connectivity index (χ1v) is 7.00. The highest BCUT2D eigenvalue weighted by Gasteiger charge is 2.24. The van der Waals surface area contributed by atoms with Gasteiger partial charge in [-0.2, -0.15) is 11.8 Å². The Labute approximate surface area is 101 Å². The molecule has 2 N–H and O–H groups in total. The molecule has 2 nitrogen and oxygen atoms in total. The minimum absolute atomic E-state index is 0.362. The monoisotopic (exact) mass is 237 g/mol. The molecule has 1 aromatic carbocycles. The molecule has 2 unspecified atom stereocenters. The molecule has 2 atom stereocenters. The van der Waals surface area contributed by atoms with E-state index in [1.54, 1.807) is 6.07 Å². The molecule has 1 fully saturated rings. The van der Waals surface area contributed by atoms with E-state index in [-0.39, 0.29) is 0 Å². The van der Waals surface area contributed by atoms with E-state index >= 15 is 0 Å². The number of thioether (sulfide) groups is 1. The number of benzene rings is 1. The second kappa shape index (κ2) is 5.60. The summed E-state index contributed by atoms with van der Waals surface area (Å²) >= 11 is 2.04. The smallest absolute Gasteiger partial charge is 0.115 e. The van der Waals surface area contributed by atoms with Crippen LogP contribution in [0.4, 0.5) is 0 Å². The van der Waals surface area contributed by atoms with Gasteiger partial charge < -0.3 is 10.4 Å². The molecule has 0 bridgehead atoms. The van der Waals surface area contributed by atoms with Crippen LogP contribution < -0.4 is 5.32 Å². The fraction of sp³-hybridized carbons (Fsp3) is 0.538. The van der Waals surface area contributed by atoms with Crippen LogP contribution in [0, 0.1) is 5.92 Å². The Bertz CT molecular complexity index is 336. The normalized spacial score (nSPS) is 22.9. The van der Waals surface area contributed by atoms with Gasteiger partial charge in [-0.3, -0.25) is 0 Å². The van der Waals surface area contributed by atoms with E-state index in [4.69, 9.17) is 0 Å². The summed E-state index contributed by atoms with van der Waals surface area (Å²) in [5.74, 6) is 3.57. The lowest BCUT2D eigenvalue weighted by Gasteiger charge is -2.30. The maximum atomic E-state index is 9.52. The molecule has 1 saturated heterocycles. The van der Waals surface area contributed by atoms with Crippen molar-refractivity contribution in [1.82, 2.24) is 5.32 Å². The van der Waals surface area contributed by atoms with Gasteiger partial charge >= 0.3 is 0 Å². The van der Waals surface area contributed by atoms with Crippen molar-refractivity contribution in [3.8, 4) is 5.75 Å². The molecule has 2 rings (SSSR count). The summed E-state index contributed by atoms with van der Waals surface area (Å²) < 4.78 is 0. The van der Waals surface area contributed by atoms with Crippen molar-refractivity contribution in [3.05, 3.63) is 29.8 Å². The summed E-state index contributed by atoms with van der Waals surface area (Å²) in [7, 11) is 2.01. The Morgan fingerprint density at radius 1 is 1.50 bits per heavy atom. The van der Waals surface area contributed by atoms with Crippen LogP contribution in [0.3, 0.4) is 0 Å². The van der Waals surface area contributed by atoms with Crippen LogP contribution in [0.2, 0.25) is 0 Å². The Hall–Kier alpha value is -0.670. The standard InChI is InChI=1S/C13H19NOS/c1-14-13(11-5-3-7-16-9-11)10-4-2-6-12(15)8-10/h2,4,6,8,11,13-15H,3,5,7,9H2,1H3. The molecule has 0 spiro atoms. The van der Waals surface area contributed by atoms with Crippen LogP contribution in [-0.4, -0.2) is 23.7 Å². The van der Waals surface area contributed by atoms with Crippen molar-refractivity contribution in [2.45, 2.75) is 18.9 Å². The predicted octanol–water partition coefficient (Wildman–Crippen LogP) is 2.80. The van der Waals surface area contributed by atoms with E-state index in [0.717, 1.165) is 0 Å². The molecular weight excluding hydrogens is 218 g/mol. The van der Waals surface area contributed by atoms with Gasteiger partial charge in [0.25, 0.3) is 0 Å². The first-order valence-electron chi connectivity index (χ1n) is 5.85. The topological polar surface area (TPSA) is 32.3 Å². The number of nitrogens with one attached hydrogen (secondary N) is 1. The quantitative estimate of drug-likeness (QED) is 0.848. The maximum absolute atomic E-state index is 9.52. The molecule has 1 aromatic rings. The van der Waals surface area contributed by atoms with Crippen molar-refractivity contribution in [3.63, 3.8) is 0 Å². The Morgan fingerprint density at radius 3 is 3.00 bits per heavy atom. The molecule has 0 aliphatic carbocycles. The molecule has 0 aromatic heterocycles. The molecule has 1 heterocycles. The van der Waals surface area contributed by atoms with E-state index < -0.39 is 0 Å². The highest BCUT2D eigenvalue weighted by Crippen LogP contribution is 2.33. The van der Waals surface area contributed by atoms with Crippen molar-refractivity contribution in [1.29, 1.82) is 0 Å². The van der Waals surface area contributed by atoms with E-state index in [9.17, 15) is 5.11 Å². The van der Waals surface area contributed by atoms with E-state index in [2.05, 4.69) is 11.4 Å². The maximum Gasteiger partial charge on any atom is 0.115 e. The lowest BCUT2D eigenvalue weighted by molar-refractivity contribution is 0.382. The van der Waals surface area contributed by atoms with Crippen molar-refractivity contribution in [2.75, 3.05) is 18.6 Å². The number of hydrogen-bond acceptors (Lipinski definition) is 3. The zero-order valence-electron chi connectivity index (χ0n) is 9.65. The van der Waals surface area contributed by atoms with Crippen LogP contribution in [0.5, 0.6) is 5.75 Å². The molecule has 0 amide bonds. The largest absolute Gasteiger partial charge is 0.508 e. The summed E-state index contributed by atoms with van der Waals surface area (Å²) in [5, 5.41) is 12.9. The highest BCUT2D eigenvalue weighted by atomic mass is 32.2. The highest BCUT2D eigenvalue weighted by molar-refractivity contribution is 7.99. The lowest BCUT2D eigenvalue weighted by Crippen LogP contribution is -2.28. The summed E-state index contributed by atoms with van der Waals surface area (Å²) in [6, 6.07) is 8.00. The lowest BCUT2D eigenvalue weighted by atomic mass is 9.90. The average molecular weight is 237 g/mol. The minimum Gasteiger partial charge on any atom is -0.508 e. The van der Waals surface area contributed by atoms with Crippen LogP contribution >= 0.6 is 11.8 Å². The Balaban J connectivity index is 2.14. The fourth-order valence-electron chi connectivity index (χ4n) is 2.42. The fourth-order valence-corrected chi connectivity index (χ4v) is 3.62. The van der Waals surface area contributed by atoms with Crippen LogP contribution in [0.25, 0.3) is 0 Å². The van der Waals surface area contributed by atoms with E-state index in [1.807, 2.05) is 30.9 Å². The third-order valence-electron chi connectivity index (χ3n) is 3.21. The number of aromatic hydroxyl groups is 1. The zero-order valence-corrected chi connectivity index (χ0v) is 10.5. The van der Waals surface area contributed by atoms with Gasteiger partial charge in [0, 0.05) is 6.04 Å². The second-order valence-corrected chi connectivity index (χ2v) is 5.49. The van der Waals surface area contributed by atoms with Crippen molar-refractivity contribution < 1.29 is 5.11 Å².